The lowest BCUT2D eigenvalue weighted by Gasteiger charge is -2.35. The van der Waals surface area contributed by atoms with Gasteiger partial charge in [0.25, 0.3) is 0 Å². The van der Waals surface area contributed by atoms with Crippen LogP contribution in [0.25, 0.3) is 5.57 Å². The lowest BCUT2D eigenvalue weighted by molar-refractivity contribution is -0.114. The summed E-state index contributed by atoms with van der Waals surface area (Å²) in [6.45, 7) is 11.1. The second-order valence-electron chi connectivity index (χ2n) is 8.90. The zero-order chi connectivity index (χ0) is 20.4. The molecule has 0 aliphatic carbocycles. The summed E-state index contributed by atoms with van der Waals surface area (Å²) >= 11 is 12.2. The first-order chi connectivity index (χ1) is 12.5. The second kappa shape index (κ2) is 8.89. The molecule has 0 bridgehead atoms. The van der Waals surface area contributed by atoms with Gasteiger partial charge in [-0.15, -0.1) is 0 Å². The summed E-state index contributed by atoms with van der Waals surface area (Å²) in [6, 6.07) is 7.37. The van der Waals surface area contributed by atoms with Crippen molar-refractivity contribution in [3.05, 3.63) is 40.4 Å². The Hall–Kier alpha value is -1.16. The fourth-order valence-corrected chi connectivity index (χ4v) is 4.07. The van der Waals surface area contributed by atoms with Crippen molar-refractivity contribution >= 4 is 39.7 Å². The maximum Gasteiger partial charge on any atom is 0.231 e. The Labute approximate surface area is 173 Å². The van der Waals surface area contributed by atoms with E-state index in [0.29, 0.717) is 17.5 Å². The van der Waals surface area contributed by atoms with Crippen LogP contribution in [-0.2, 0) is 4.79 Å². The van der Waals surface area contributed by atoms with Gasteiger partial charge in [0.05, 0.1) is 12.0 Å². The number of nitrogens with two attached hydrogens (primary N) is 1. The van der Waals surface area contributed by atoms with Crippen LogP contribution in [0.1, 0.15) is 53.0 Å². The number of rotatable bonds is 6. The Kier molecular flexibility index (Phi) is 7.29. The van der Waals surface area contributed by atoms with Crippen LogP contribution in [0.5, 0.6) is 0 Å². The van der Waals surface area contributed by atoms with Gasteiger partial charge in [0.15, 0.2) is 0 Å². The van der Waals surface area contributed by atoms with Gasteiger partial charge in [-0.05, 0) is 64.6 Å². The highest BCUT2D eigenvalue weighted by Gasteiger charge is 2.38. The van der Waals surface area contributed by atoms with Crippen LogP contribution in [0.4, 0.5) is 0 Å². The molecule has 1 aromatic carbocycles. The number of hydrogen-bond acceptors (Lipinski definition) is 3. The molecule has 1 aliphatic heterocycles. The normalized spacial score (nSPS) is 20.9. The molecular weight excluding hydrogens is 379 g/mol. The number of dihydropyridines is 1. The van der Waals surface area contributed by atoms with Crippen molar-refractivity contribution in [1.29, 1.82) is 0 Å². The molecule has 1 aliphatic rings. The third kappa shape index (κ3) is 5.66. The Morgan fingerprint density at radius 1 is 1.22 bits per heavy atom. The van der Waals surface area contributed by atoms with Crippen molar-refractivity contribution in [3.8, 4) is 0 Å². The molecule has 1 heterocycles. The van der Waals surface area contributed by atoms with Gasteiger partial charge in [0.2, 0.25) is 5.24 Å². The van der Waals surface area contributed by atoms with E-state index in [-0.39, 0.29) is 16.7 Å². The Morgan fingerprint density at radius 2 is 1.81 bits per heavy atom. The van der Waals surface area contributed by atoms with E-state index in [1.54, 1.807) is 0 Å². The SMILES string of the molecule is CC(C)CC1N=C(CC(C)(C)C)C(CN)=C(c2ccc(Cl)cc2)C1C(=O)Cl. The molecule has 0 amide bonds. The van der Waals surface area contributed by atoms with Crippen LogP contribution in [0, 0.1) is 17.3 Å². The summed E-state index contributed by atoms with van der Waals surface area (Å²) in [6.07, 6.45) is 1.60. The molecule has 0 saturated heterocycles. The second-order valence-corrected chi connectivity index (χ2v) is 9.70. The Balaban J connectivity index is 2.68. The highest BCUT2D eigenvalue weighted by molar-refractivity contribution is 6.65. The predicted octanol–water partition coefficient (Wildman–Crippen LogP) is 5.74. The molecule has 2 atom stereocenters. The van der Waals surface area contributed by atoms with Crippen LogP contribution < -0.4 is 5.73 Å². The Morgan fingerprint density at radius 3 is 2.26 bits per heavy atom. The summed E-state index contributed by atoms with van der Waals surface area (Å²) in [5, 5.41) is 0.274. The number of benzene rings is 1. The molecule has 27 heavy (non-hydrogen) atoms. The first-order valence-electron chi connectivity index (χ1n) is 9.49. The van der Waals surface area contributed by atoms with Crippen LogP contribution in [0.3, 0.4) is 0 Å². The van der Waals surface area contributed by atoms with Crippen LogP contribution in [-0.4, -0.2) is 23.5 Å². The third-order valence-corrected chi connectivity index (χ3v) is 5.19. The van der Waals surface area contributed by atoms with Gasteiger partial charge in [-0.25, -0.2) is 0 Å². The summed E-state index contributed by atoms with van der Waals surface area (Å²) in [7, 11) is 0. The fraction of sp³-hybridized carbons (Fsp3) is 0.545. The fourth-order valence-electron chi connectivity index (χ4n) is 3.69. The van der Waals surface area contributed by atoms with Crippen molar-refractivity contribution in [2.24, 2.45) is 28.0 Å². The Bertz CT molecular complexity index is 743. The van der Waals surface area contributed by atoms with Gasteiger partial charge in [0.1, 0.15) is 0 Å². The van der Waals surface area contributed by atoms with Gasteiger partial charge in [-0.2, -0.15) is 0 Å². The third-order valence-electron chi connectivity index (χ3n) is 4.71. The smallest absolute Gasteiger partial charge is 0.231 e. The van der Waals surface area contributed by atoms with E-state index in [9.17, 15) is 4.79 Å². The van der Waals surface area contributed by atoms with Gasteiger partial charge >= 0.3 is 0 Å². The van der Waals surface area contributed by atoms with Crippen molar-refractivity contribution in [2.75, 3.05) is 6.54 Å². The number of nitrogens with zero attached hydrogens (tertiary/aromatic N) is 1. The van der Waals surface area contributed by atoms with Crippen LogP contribution >= 0.6 is 23.2 Å². The lowest BCUT2D eigenvalue weighted by atomic mass is 9.75. The summed E-state index contributed by atoms with van der Waals surface area (Å²) in [5.41, 5.74) is 10.0. The number of halogens is 2. The molecule has 0 spiro atoms. The van der Waals surface area contributed by atoms with Crippen molar-refractivity contribution in [2.45, 2.75) is 53.5 Å². The monoisotopic (exact) mass is 408 g/mol. The van der Waals surface area contributed by atoms with Crippen LogP contribution in [0.15, 0.2) is 34.8 Å². The van der Waals surface area contributed by atoms with E-state index in [2.05, 4.69) is 34.6 Å². The van der Waals surface area contributed by atoms with Crippen molar-refractivity contribution in [1.82, 2.24) is 0 Å². The molecule has 2 unspecified atom stereocenters. The van der Waals surface area contributed by atoms with Gasteiger partial charge in [-0.3, -0.25) is 9.79 Å². The van der Waals surface area contributed by atoms with E-state index >= 15 is 0 Å². The molecule has 0 aromatic heterocycles. The van der Waals surface area contributed by atoms with Crippen LogP contribution in [0.2, 0.25) is 5.02 Å². The van der Waals surface area contributed by atoms with Gasteiger partial charge in [0, 0.05) is 17.3 Å². The number of carbonyl (C=O) groups excluding carboxylic acids is 1. The molecule has 3 nitrogen and oxygen atoms in total. The zero-order valence-corrected chi connectivity index (χ0v) is 18.4. The number of aliphatic imine (C=N–C) groups is 1. The molecule has 148 valence electrons. The van der Waals surface area contributed by atoms with E-state index in [4.69, 9.17) is 33.9 Å². The molecular formula is C22H30Cl2N2O. The number of hydrogen-bond donors (Lipinski definition) is 1. The molecule has 5 heteroatoms. The largest absolute Gasteiger partial charge is 0.326 e. The molecule has 1 aromatic rings. The standard InChI is InChI=1S/C22H30Cl2N2O/c1-13(2)10-17-20(21(24)27)19(14-6-8-15(23)9-7-14)16(12-25)18(26-17)11-22(3,4)5/h6-9,13,17,20H,10-12,25H2,1-5H3. The first-order valence-corrected chi connectivity index (χ1v) is 10.2. The summed E-state index contributed by atoms with van der Waals surface area (Å²) in [5.74, 6) is -0.0865. The van der Waals surface area contributed by atoms with Gasteiger partial charge in [-0.1, -0.05) is 58.4 Å². The minimum atomic E-state index is -0.488. The van der Waals surface area contributed by atoms with E-state index < -0.39 is 5.92 Å². The first kappa shape index (κ1) is 22.1. The van der Waals surface area contributed by atoms with E-state index in [1.165, 1.54) is 0 Å². The van der Waals surface area contributed by atoms with E-state index in [1.807, 2.05) is 24.3 Å². The minimum Gasteiger partial charge on any atom is -0.326 e. The van der Waals surface area contributed by atoms with E-state index in [0.717, 1.165) is 35.3 Å². The average Bonchev–Trinajstić information content (AvgIpc) is 2.52. The quantitative estimate of drug-likeness (QED) is 0.609. The lowest BCUT2D eigenvalue weighted by Crippen LogP contribution is -2.36. The maximum atomic E-state index is 12.5. The number of carbonyl (C=O) groups is 1. The molecule has 0 radical (unpaired) electrons. The van der Waals surface area contributed by atoms with Crippen molar-refractivity contribution in [3.63, 3.8) is 0 Å². The van der Waals surface area contributed by atoms with Crippen molar-refractivity contribution < 1.29 is 4.79 Å². The average molecular weight is 409 g/mol. The molecule has 2 N–H and O–H groups in total. The summed E-state index contributed by atoms with van der Waals surface area (Å²) < 4.78 is 0. The minimum absolute atomic E-state index is 0.0601. The molecule has 0 fully saturated rings. The predicted molar refractivity (Wildman–Crippen MR) is 117 cm³/mol. The maximum absolute atomic E-state index is 12.5. The highest BCUT2D eigenvalue weighted by Crippen LogP contribution is 2.40. The molecule has 0 saturated carbocycles. The van der Waals surface area contributed by atoms with Gasteiger partial charge < -0.3 is 5.73 Å². The zero-order valence-electron chi connectivity index (χ0n) is 16.9. The highest BCUT2D eigenvalue weighted by atomic mass is 35.5. The topological polar surface area (TPSA) is 55.4 Å². The molecule has 2 rings (SSSR count). The summed E-state index contributed by atoms with van der Waals surface area (Å²) in [4.78, 5) is 17.5.